The molecule has 4 heteroatoms. The molecule has 0 saturated carbocycles. The quantitative estimate of drug-likeness (QED) is 0.613. The molecular weight excluding hydrogens is 230 g/mol. The van der Waals surface area contributed by atoms with E-state index < -0.39 is 11.4 Å². The van der Waals surface area contributed by atoms with Crippen molar-refractivity contribution in [2.24, 2.45) is 5.41 Å². The van der Waals surface area contributed by atoms with Crippen molar-refractivity contribution in [3.63, 3.8) is 0 Å². The van der Waals surface area contributed by atoms with Crippen LogP contribution >= 0.6 is 0 Å². The molecule has 4 nitrogen and oxygen atoms in total. The van der Waals surface area contributed by atoms with E-state index in [2.05, 4.69) is 18.7 Å². The fourth-order valence-electron chi connectivity index (χ4n) is 1.83. The molecule has 0 amide bonds. The Morgan fingerprint density at radius 3 is 2.33 bits per heavy atom. The molecule has 0 fully saturated rings. The van der Waals surface area contributed by atoms with Crippen LogP contribution in [0.3, 0.4) is 0 Å². The molecule has 0 spiro atoms. The van der Waals surface area contributed by atoms with Crippen LogP contribution in [0.15, 0.2) is 0 Å². The predicted molar refractivity (Wildman–Crippen MR) is 73.9 cm³/mol. The van der Waals surface area contributed by atoms with Crippen LogP contribution in [0.5, 0.6) is 0 Å². The number of ether oxygens (including phenoxy) is 1. The summed E-state index contributed by atoms with van der Waals surface area (Å²) in [4.78, 5) is 13.3. The number of aliphatic carboxylic acids is 1. The van der Waals surface area contributed by atoms with E-state index in [1.807, 2.05) is 0 Å². The van der Waals surface area contributed by atoms with Crippen molar-refractivity contribution in [2.45, 2.75) is 53.0 Å². The van der Waals surface area contributed by atoms with E-state index in [1.165, 1.54) is 0 Å². The van der Waals surface area contributed by atoms with E-state index in [0.29, 0.717) is 6.04 Å². The fraction of sp³-hybridized carbons (Fsp3) is 0.929. The Bertz CT molecular complexity index is 239. The van der Waals surface area contributed by atoms with Gasteiger partial charge in [-0.15, -0.1) is 0 Å². The molecule has 0 rings (SSSR count). The van der Waals surface area contributed by atoms with Crippen molar-refractivity contribution in [1.82, 2.24) is 4.90 Å². The highest BCUT2D eigenvalue weighted by Crippen LogP contribution is 2.23. The Labute approximate surface area is 111 Å². The van der Waals surface area contributed by atoms with Gasteiger partial charge in [0.2, 0.25) is 0 Å². The first-order valence-electron chi connectivity index (χ1n) is 6.77. The molecule has 0 unspecified atom stereocenters. The van der Waals surface area contributed by atoms with Crippen molar-refractivity contribution in [1.29, 1.82) is 0 Å². The Morgan fingerprint density at radius 1 is 1.28 bits per heavy atom. The summed E-state index contributed by atoms with van der Waals surface area (Å²) in [6.45, 7) is 10.6. The number of hydrogen-bond acceptors (Lipinski definition) is 3. The lowest BCUT2D eigenvalue weighted by molar-refractivity contribution is -0.147. The second-order valence-electron chi connectivity index (χ2n) is 5.77. The zero-order valence-corrected chi connectivity index (χ0v) is 12.5. The summed E-state index contributed by atoms with van der Waals surface area (Å²) in [5.41, 5.74) is -0.602. The van der Waals surface area contributed by atoms with Gasteiger partial charge in [0.15, 0.2) is 0 Å². The molecule has 0 bridgehead atoms. The maximum absolute atomic E-state index is 11.0. The topological polar surface area (TPSA) is 49.8 Å². The van der Waals surface area contributed by atoms with Crippen LogP contribution in [0.2, 0.25) is 0 Å². The van der Waals surface area contributed by atoms with Gasteiger partial charge in [-0.05, 0) is 47.1 Å². The van der Waals surface area contributed by atoms with Gasteiger partial charge in [-0.3, -0.25) is 9.69 Å². The molecule has 0 aromatic heterocycles. The number of rotatable bonds is 10. The van der Waals surface area contributed by atoms with Crippen LogP contribution in [0.25, 0.3) is 0 Å². The highest BCUT2D eigenvalue weighted by molar-refractivity contribution is 5.73. The van der Waals surface area contributed by atoms with E-state index in [4.69, 9.17) is 9.84 Å². The smallest absolute Gasteiger partial charge is 0.309 e. The van der Waals surface area contributed by atoms with Crippen molar-refractivity contribution in [3.8, 4) is 0 Å². The Balaban J connectivity index is 3.89. The number of methoxy groups -OCH3 is 1. The summed E-state index contributed by atoms with van der Waals surface area (Å²) in [7, 11) is 1.72. The molecular formula is C14H29NO3. The minimum Gasteiger partial charge on any atom is -0.481 e. The molecule has 0 aromatic rings. The number of carbonyl (C=O) groups is 1. The maximum Gasteiger partial charge on any atom is 0.309 e. The van der Waals surface area contributed by atoms with Crippen molar-refractivity contribution < 1.29 is 14.6 Å². The van der Waals surface area contributed by atoms with E-state index in [0.717, 1.165) is 39.0 Å². The Kier molecular flexibility index (Phi) is 8.20. The third-order valence-electron chi connectivity index (χ3n) is 3.39. The predicted octanol–water partition coefficient (Wildman–Crippen LogP) is 2.62. The minimum absolute atomic E-state index is 0.507. The third-order valence-corrected chi connectivity index (χ3v) is 3.39. The molecule has 18 heavy (non-hydrogen) atoms. The monoisotopic (exact) mass is 259 g/mol. The molecule has 0 saturated heterocycles. The van der Waals surface area contributed by atoms with Gasteiger partial charge in [0.1, 0.15) is 0 Å². The Hall–Kier alpha value is -0.610. The number of nitrogens with zero attached hydrogens (tertiary/aromatic N) is 1. The van der Waals surface area contributed by atoms with Gasteiger partial charge in [-0.2, -0.15) is 0 Å². The van der Waals surface area contributed by atoms with Crippen molar-refractivity contribution >= 4 is 5.97 Å². The van der Waals surface area contributed by atoms with Crippen molar-refractivity contribution in [3.05, 3.63) is 0 Å². The Morgan fingerprint density at radius 2 is 1.89 bits per heavy atom. The molecule has 0 aliphatic rings. The van der Waals surface area contributed by atoms with E-state index in [9.17, 15) is 4.79 Å². The highest BCUT2D eigenvalue weighted by Gasteiger charge is 2.26. The lowest BCUT2D eigenvalue weighted by Crippen LogP contribution is -2.34. The molecule has 0 aliphatic carbocycles. The number of hydrogen-bond donors (Lipinski definition) is 1. The zero-order valence-electron chi connectivity index (χ0n) is 12.5. The lowest BCUT2D eigenvalue weighted by atomic mass is 9.87. The van der Waals surface area contributed by atoms with Crippen LogP contribution in [0, 0.1) is 5.41 Å². The van der Waals surface area contributed by atoms with E-state index >= 15 is 0 Å². The summed E-state index contributed by atoms with van der Waals surface area (Å²) in [5, 5.41) is 9.03. The SMILES string of the molecule is COCCN(CCCCC(C)(C)C(=O)O)C(C)C. The van der Waals surface area contributed by atoms with Crippen LogP contribution in [0.4, 0.5) is 0 Å². The van der Waals surface area contributed by atoms with Crippen LogP contribution in [-0.4, -0.2) is 48.8 Å². The largest absolute Gasteiger partial charge is 0.481 e. The maximum atomic E-state index is 11.0. The molecule has 108 valence electrons. The summed E-state index contributed by atoms with van der Waals surface area (Å²) in [6.07, 6.45) is 2.73. The number of carboxylic acid groups (broad SMARTS) is 1. The second kappa shape index (κ2) is 8.48. The molecule has 1 N–H and O–H groups in total. The van der Waals surface area contributed by atoms with Crippen LogP contribution in [-0.2, 0) is 9.53 Å². The molecule has 0 radical (unpaired) electrons. The minimum atomic E-state index is -0.706. The van der Waals surface area contributed by atoms with Gasteiger partial charge in [-0.1, -0.05) is 6.42 Å². The summed E-state index contributed by atoms with van der Waals surface area (Å²) >= 11 is 0. The van der Waals surface area contributed by atoms with E-state index in [-0.39, 0.29) is 0 Å². The van der Waals surface area contributed by atoms with Gasteiger partial charge in [0.05, 0.1) is 12.0 Å². The number of carboxylic acids is 1. The fourth-order valence-corrected chi connectivity index (χ4v) is 1.83. The first-order valence-corrected chi connectivity index (χ1v) is 6.77. The first-order chi connectivity index (χ1) is 8.31. The third kappa shape index (κ3) is 6.97. The van der Waals surface area contributed by atoms with Gasteiger partial charge < -0.3 is 9.84 Å². The van der Waals surface area contributed by atoms with Crippen LogP contribution in [0.1, 0.15) is 47.0 Å². The van der Waals surface area contributed by atoms with Crippen LogP contribution < -0.4 is 0 Å². The first kappa shape index (κ1) is 17.4. The van der Waals surface area contributed by atoms with Gasteiger partial charge in [-0.25, -0.2) is 0 Å². The highest BCUT2D eigenvalue weighted by atomic mass is 16.5. The molecule has 0 aromatic carbocycles. The average molecular weight is 259 g/mol. The lowest BCUT2D eigenvalue weighted by Gasteiger charge is -2.26. The van der Waals surface area contributed by atoms with Gasteiger partial charge in [0, 0.05) is 19.7 Å². The molecule has 0 aliphatic heterocycles. The standard InChI is InChI=1S/C14H29NO3/c1-12(2)15(10-11-18-5)9-7-6-8-14(3,4)13(16)17/h12H,6-11H2,1-5H3,(H,16,17). The summed E-state index contributed by atoms with van der Waals surface area (Å²) in [5.74, 6) is -0.706. The average Bonchev–Trinajstić information content (AvgIpc) is 2.27. The zero-order chi connectivity index (χ0) is 14.2. The molecule has 0 heterocycles. The van der Waals surface area contributed by atoms with Crippen molar-refractivity contribution in [2.75, 3.05) is 26.8 Å². The number of unbranched alkanes of at least 4 members (excludes halogenated alkanes) is 1. The summed E-state index contributed by atoms with van der Waals surface area (Å²) < 4.78 is 5.10. The van der Waals surface area contributed by atoms with E-state index in [1.54, 1.807) is 21.0 Å². The second-order valence-corrected chi connectivity index (χ2v) is 5.77. The summed E-state index contributed by atoms with van der Waals surface area (Å²) in [6, 6.07) is 0.507. The normalized spacial score (nSPS) is 12.4. The van der Waals surface area contributed by atoms with Gasteiger partial charge >= 0.3 is 5.97 Å². The van der Waals surface area contributed by atoms with Gasteiger partial charge in [0.25, 0.3) is 0 Å². The molecule has 0 atom stereocenters.